The van der Waals surface area contributed by atoms with E-state index in [1.165, 1.54) is 29.2 Å². The number of rotatable bonds is 8. The van der Waals surface area contributed by atoms with Crippen LogP contribution in [0.25, 0.3) is 0 Å². The van der Waals surface area contributed by atoms with E-state index in [1.54, 1.807) is 6.92 Å². The first-order valence-corrected chi connectivity index (χ1v) is 9.30. The van der Waals surface area contributed by atoms with E-state index in [4.69, 9.17) is 4.74 Å². The van der Waals surface area contributed by atoms with Crippen LogP contribution in [0.3, 0.4) is 0 Å². The molecule has 1 atom stereocenters. The Morgan fingerprint density at radius 3 is 2.39 bits per heavy atom. The summed E-state index contributed by atoms with van der Waals surface area (Å²) in [6.07, 6.45) is 0. The lowest BCUT2D eigenvalue weighted by Gasteiger charge is -2.29. The van der Waals surface area contributed by atoms with E-state index in [9.17, 15) is 14.0 Å². The van der Waals surface area contributed by atoms with E-state index in [2.05, 4.69) is 5.32 Å². The highest BCUT2D eigenvalue weighted by molar-refractivity contribution is 5.88. The van der Waals surface area contributed by atoms with Crippen molar-refractivity contribution in [2.24, 2.45) is 0 Å². The summed E-state index contributed by atoms with van der Waals surface area (Å²) in [5.41, 5.74) is 2.01. The quantitative estimate of drug-likeness (QED) is 0.756. The molecule has 0 bridgehead atoms. The normalized spacial score (nSPS) is 11.8. The van der Waals surface area contributed by atoms with E-state index in [0.717, 1.165) is 11.1 Å². The van der Waals surface area contributed by atoms with E-state index in [0.29, 0.717) is 12.3 Å². The van der Waals surface area contributed by atoms with Crippen LogP contribution in [-0.4, -0.2) is 35.4 Å². The molecule has 0 radical (unpaired) electrons. The molecule has 28 heavy (non-hydrogen) atoms. The predicted molar refractivity (Wildman–Crippen MR) is 106 cm³/mol. The Morgan fingerprint density at radius 2 is 1.79 bits per heavy atom. The highest BCUT2D eigenvalue weighted by Crippen LogP contribution is 2.14. The predicted octanol–water partition coefficient (Wildman–Crippen LogP) is 3.45. The summed E-state index contributed by atoms with van der Waals surface area (Å²) in [5.74, 6) is -0.529. The van der Waals surface area contributed by atoms with Crippen LogP contribution in [0.15, 0.2) is 48.5 Å². The smallest absolute Gasteiger partial charge is 0.261 e. The second-order valence-corrected chi connectivity index (χ2v) is 7.09. The van der Waals surface area contributed by atoms with Crippen LogP contribution in [-0.2, 0) is 16.1 Å². The maximum Gasteiger partial charge on any atom is 0.261 e. The minimum absolute atomic E-state index is 0.0265. The number of benzene rings is 2. The molecule has 0 spiro atoms. The SMILES string of the molecule is Cc1cccc(CN(C(=O)COc2ccc(F)cc2)[C@@H](C)C(=O)NC(C)C)c1. The van der Waals surface area contributed by atoms with Gasteiger partial charge in [-0.1, -0.05) is 29.8 Å². The van der Waals surface area contributed by atoms with Gasteiger partial charge < -0.3 is 15.0 Å². The number of halogens is 1. The van der Waals surface area contributed by atoms with Crippen LogP contribution in [0, 0.1) is 12.7 Å². The fraction of sp³-hybridized carbons (Fsp3) is 0.364. The molecule has 0 unspecified atom stereocenters. The van der Waals surface area contributed by atoms with Crippen molar-refractivity contribution in [3.8, 4) is 5.75 Å². The average molecular weight is 386 g/mol. The van der Waals surface area contributed by atoms with Gasteiger partial charge in [-0.15, -0.1) is 0 Å². The zero-order chi connectivity index (χ0) is 20.7. The monoisotopic (exact) mass is 386 g/mol. The minimum Gasteiger partial charge on any atom is -0.484 e. The standard InChI is InChI=1S/C22H27FN2O3/c1-15(2)24-22(27)17(4)25(13-18-7-5-6-16(3)12-18)21(26)14-28-20-10-8-19(23)9-11-20/h5-12,15,17H,13-14H2,1-4H3,(H,24,27)/t17-/m0/s1. The van der Waals surface area contributed by atoms with Gasteiger partial charge in [0.2, 0.25) is 5.91 Å². The van der Waals surface area contributed by atoms with Gasteiger partial charge >= 0.3 is 0 Å². The van der Waals surface area contributed by atoms with Gasteiger partial charge in [-0.05, 0) is 57.5 Å². The molecule has 0 aliphatic heterocycles. The summed E-state index contributed by atoms with van der Waals surface area (Å²) in [6, 6.07) is 12.6. The first kappa shape index (κ1) is 21.4. The molecule has 0 fully saturated rings. The molecule has 150 valence electrons. The Morgan fingerprint density at radius 1 is 1.11 bits per heavy atom. The summed E-state index contributed by atoms with van der Waals surface area (Å²) in [4.78, 5) is 26.8. The van der Waals surface area contributed by atoms with Gasteiger partial charge in [0.05, 0.1) is 0 Å². The van der Waals surface area contributed by atoms with E-state index >= 15 is 0 Å². The van der Waals surface area contributed by atoms with Crippen LogP contribution in [0.4, 0.5) is 4.39 Å². The molecular weight excluding hydrogens is 359 g/mol. The van der Waals surface area contributed by atoms with Gasteiger partial charge in [0.1, 0.15) is 17.6 Å². The number of hydrogen-bond donors (Lipinski definition) is 1. The van der Waals surface area contributed by atoms with Crippen molar-refractivity contribution >= 4 is 11.8 Å². The molecule has 2 amide bonds. The molecule has 0 aromatic heterocycles. The number of nitrogens with zero attached hydrogens (tertiary/aromatic N) is 1. The Labute approximate surface area is 165 Å². The lowest BCUT2D eigenvalue weighted by Crippen LogP contribution is -2.50. The van der Waals surface area contributed by atoms with Gasteiger partial charge in [0.15, 0.2) is 6.61 Å². The summed E-state index contributed by atoms with van der Waals surface area (Å²) in [6.45, 7) is 7.46. The lowest BCUT2D eigenvalue weighted by atomic mass is 10.1. The summed E-state index contributed by atoms with van der Waals surface area (Å²) < 4.78 is 18.5. The van der Waals surface area contributed by atoms with Crippen LogP contribution >= 0.6 is 0 Å². The van der Waals surface area contributed by atoms with Gasteiger partial charge in [0.25, 0.3) is 5.91 Å². The molecule has 0 saturated heterocycles. The number of nitrogens with one attached hydrogen (secondary N) is 1. The fourth-order valence-corrected chi connectivity index (χ4v) is 2.75. The number of hydrogen-bond acceptors (Lipinski definition) is 3. The molecule has 0 heterocycles. The zero-order valence-corrected chi connectivity index (χ0v) is 16.7. The molecule has 1 N–H and O–H groups in total. The molecule has 6 heteroatoms. The van der Waals surface area contributed by atoms with Crippen molar-refractivity contribution in [3.05, 3.63) is 65.5 Å². The number of amides is 2. The Bertz CT molecular complexity index is 806. The molecule has 2 aromatic rings. The summed E-state index contributed by atoms with van der Waals surface area (Å²) in [7, 11) is 0. The fourth-order valence-electron chi connectivity index (χ4n) is 2.75. The van der Waals surface area contributed by atoms with Crippen molar-refractivity contribution in [1.29, 1.82) is 0 Å². The molecule has 2 rings (SSSR count). The van der Waals surface area contributed by atoms with E-state index in [1.807, 2.05) is 45.0 Å². The van der Waals surface area contributed by atoms with Crippen molar-refractivity contribution in [2.45, 2.75) is 46.3 Å². The van der Waals surface area contributed by atoms with Crippen molar-refractivity contribution in [3.63, 3.8) is 0 Å². The maximum absolute atomic E-state index is 13.0. The number of carbonyl (C=O) groups excluding carboxylic acids is 2. The zero-order valence-electron chi connectivity index (χ0n) is 16.7. The third kappa shape index (κ3) is 6.37. The lowest BCUT2D eigenvalue weighted by molar-refractivity contribution is -0.142. The highest BCUT2D eigenvalue weighted by atomic mass is 19.1. The third-order valence-corrected chi connectivity index (χ3v) is 4.21. The van der Waals surface area contributed by atoms with Crippen molar-refractivity contribution < 1.29 is 18.7 Å². The molecule has 0 aliphatic carbocycles. The molecule has 0 saturated carbocycles. The second kappa shape index (κ2) is 9.88. The van der Waals surface area contributed by atoms with Crippen LogP contribution in [0.1, 0.15) is 31.9 Å². The van der Waals surface area contributed by atoms with Crippen LogP contribution in [0.5, 0.6) is 5.75 Å². The third-order valence-electron chi connectivity index (χ3n) is 4.21. The van der Waals surface area contributed by atoms with Crippen LogP contribution < -0.4 is 10.1 Å². The first-order valence-electron chi connectivity index (χ1n) is 9.30. The Balaban J connectivity index is 2.14. The molecular formula is C22H27FN2O3. The minimum atomic E-state index is -0.660. The number of aryl methyl sites for hydroxylation is 1. The largest absolute Gasteiger partial charge is 0.484 e. The van der Waals surface area contributed by atoms with Gasteiger partial charge in [-0.25, -0.2) is 4.39 Å². The number of ether oxygens (including phenoxy) is 1. The summed E-state index contributed by atoms with van der Waals surface area (Å²) in [5, 5.41) is 2.84. The van der Waals surface area contributed by atoms with Crippen molar-refractivity contribution in [1.82, 2.24) is 10.2 Å². The average Bonchev–Trinajstić information content (AvgIpc) is 2.64. The van der Waals surface area contributed by atoms with Gasteiger partial charge in [0, 0.05) is 12.6 Å². The highest BCUT2D eigenvalue weighted by Gasteiger charge is 2.26. The molecule has 0 aliphatic rings. The molecule has 5 nitrogen and oxygen atoms in total. The maximum atomic E-state index is 13.0. The van der Waals surface area contributed by atoms with Gasteiger partial charge in [-0.2, -0.15) is 0 Å². The van der Waals surface area contributed by atoms with Crippen LogP contribution in [0.2, 0.25) is 0 Å². The van der Waals surface area contributed by atoms with E-state index < -0.39 is 6.04 Å². The molecule has 2 aromatic carbocycles. The Kier molecular flexibility index (Phi) is 7.55. The van der Waals surface area contributed by atoms with Crippen molar-refractivity contribution in [2.75, 3.05) is 6.61 Å². The summed E-state index contributed by atoms with van der Waals surface area (Å²) >= 11 is 0. The van der Waals surface area contributed by atoms with E-state index in [-0.39, 0.29) is 30.3 Å². The van der Waals surface area contributed by atoms with Gasteiger partial charge in [-0.3, -0.25) is 9.59 Å². The Hall–Kier alpha value is -2.89. The second-order valence-electron chi connectivity index (χ2n) is 7.09. The first-order chi connectivity index (χ1) is 13.3. The number of carbonyl (C=O) groups is 2. The topological polar surface area (TPSA) is 58.6 Å².